The molecule has 1 fully saturated rings. The van der Waals surface area contributed by atoms with E-state index in [1.165, 1.54) is 0 Å². The van der Waals surface area contributed by atoms with Crippen LogP contribution in [0.4, 0.5) is 5.69 Å². The number of aromatic nitrogens is 1. The number of H-pyrrole nitrogens is 1. The number of hydrogen-bond acceptors (Lipinski definition) is 3. The van der Waals surface area contributed by atoms with Gasteiger partial charge in [0.15, 0.2) is 0 Å². The Labute approximate surface area is 134 Å². The van der Waals surface area contributed by atoms with Crippen LogP contribution in [0.5, 0.6) is 0 Å². The lowest BCUT2D eigenvalue weighted by atomic mass is 10.1. The summed E-state index contributed by atoms with van der Waals surface area (Å²) in [5.74, 6) is 0. The number of morpholine rings is 1. The highest BCUT2D eigenvalue weighted by Crippen LogP contribution is 2.24. The molecule has 0 saturated carbocycles. The Bertz CT molecular complexity index is 881. The molecule has 4 heteroatoms. The lowest BCUT2D eigenvalue weighted by Gasteiger charge is -2.29. The first kappa shape index (κ1) is 14.0. The van der Waals surface area contributed by atoms with Gasteiger partial charge >= 0.3 is 0 Å². The van der Waals surface area contributed by atoms with E-state index in [0.717, 1.165) is 54.0 Å². The highest BCUT2D eigenvalue weighted by molar-refractivity contribution is 5.88. The molecule has 2 heterocycles. The number of nitrogens with zero attached hydrogens (tertiary/aromatic N) is 1. The monoisotopic (exact) mass is 306 g/mol. The van der Waals surface area contributed by atoms with E-state index in [-0.39, 0.29) is 5.56 Å². The molecule has 4 nitrogen and oxygen atoms in total. The van der Waals surface area contributed by atoms with Crippen LogP contribution < -0.4 is 10.5 Å². The molecule has 116 valence electrons. The summed E-state index contributed by atoms with van der Waals surface area (Å²) in [7, 11) is 0. The van der Waals surface area contributed by atoms with Crippen molar-refractivity contribution in [3.8, 4) is 11.3 Å². The van der Waals surface area contributed by atoms with Gasteiger partial charge in [-0.1, -0.05) is 30.3 Å². The van der Waals surface area contributed by atoms with E-state index < -0.39 is 0 Å². The Balaban J connectivity index is 1.81. The van der Waals surface area contributed by atoms with Crippen LogP contribution in [-0.2, 0) is 4.74 Å². The fraction of sp³-hybridized carbons (Fsp3) is 0.211. The molecule has 1 saturated heterocycles. The summed E-state index contributed by atoms with van der Waals surface area (Å²) < 4.78 is 5.41. The van der Waals surface area contributed by atoms with Gasteiger partial charge in [-0.3, -0.25) is 4.79 Å². The van der Waals surface area contributed by atoms with E-state index in [4.69, 9.17) is 4.74 Å². The molecule has 0 radical (unpaired) electrons. The molecule has 0 bridgehead atoms. The summed E-state index contributed by atoms with van der Waals surface area (Å²) in [4.78, 5) is 17.6. The molecule has 1 aliphatic rings. The molecule has 2 aromatic carbocycles. The molecule has 3 aromatic rings. The van der Waals surface area contributed by atoms with Crippen molar-refractivity contribution < 1.29 is 4.74 Å². The van der Waals surface area contributed by atoms with Crippen LogP contribution in [-0.4, -0.2) is 31.3 Å². The summed E-state index contributed by atoms with van der Waals surface area (Å²) in [5.41, 5.74) is 2.96. The van der Waals surface area contributed by atoms with Crippen LogP contribution in [0.2, 0.25) is 0 Å². The van der Waals surface area contributed by atoms with Crippen LogP contribution >= 0.6 is 0 Å². The van der Waals surface area contributed by atoms with E-state index in [0.29, 0.717) is 0 Å². The van der Waals surface area contributed by atoms with Crippen molar-refractivity contribution in [3.05, 3.63) is 65.0 Å². The van der Waals surface area contributed by atoms with Gasteiger partial charge in [0.1, 0.15) is 0 Å². The number of anilines is 1. The van der Waals surface area contributed by atoms with E-state index in [9.17, 15) is 4.79 Å². The van der Waals surface area contributed by atoms with Crippen molar-refractivity contribution in [1.82, 2.24) is 4.98 Å². The second kappa shape index (κ2) is 5.89. The van der Waals surface area contributed by atoms with Gasteiger partial charge in [0.25, 0.3) is 5.56 Å². The second-order valence-corrected chi connectivity index (χ2v) is 5.75. The first-order valence-corrected chi connectivity index (χ1v) is 7.86. The van der Waals surface area contributed by atoms with Gasteiger partial charge in [-0.05, 0) is 35.2 Å². The Hall–Kier alpha value is -2.59. The predicted octanol–water partition coefficient (Wildman–Crippen LogP) is 3.03. The third-order valence-corrected chi connectivity index (χ3v) is 4.29. The Morgan fingerprint density at radius 1 is 0.957 bits per heavy atom. The van der Waals surface area contributed by atoms with Crippen molar-refractivity contribution in [2.75, 3.05) is 31.2 Å². The van der Waals surface area contributed by atoms with Crippen LogP contribution in [0.25, 0.3) is 22.0 Å². The van der Waals surface area contributed by atoms with Crippen molar-refractivity contribution in [2.24, 2.45) is 0 Å². The number of fused-ring (bicyclic) bond motifs is 1. The molecular formula is C19H18N2O2. The fourth-order valence-electron chi connectivity index (χ4n) is 3.05. The number of nitrogens with one attached hydrogen (secondary N) is 1. The molecule has 1 aromatic heterocycles. The first-order valence-electron chi connectivity index (χ1n) is 7.86. The zero-order valence-corrected chi connectivity index (χ0v) is 12.8. The number of hydrogen-bond donors (Lipinski definition) is 1. The second-order valence-electron chi connectivity index (χ2n) is 5.75. The lowest BCUT2D eigenvalue weighted by molar-refractivity contribution is 0.122. The van der Waals surface area contributed by atoms with Gasteiger partial charge < -0.3 is 14.6 Å². The van der Waals surface area contributed by atoms with Gasteiger partial charge in [0.2, 0.25) is 0 Å². The maximum atomic E-state index is 12.4. The fourth-order valence-corrected chi connectivity index (χ4v) is 3.05. The van der Waals surface area contributed by atoms with Gasteiger partial charge in [0, 0.05) is 29.9 Å². The average Bonchev–Trinajstić information content (AvgIpc) is 2.63. The largest absolute Gasteiger partial charge is 0.378 e. The molecular weight excluding hydrogens is 288 g/mol. The van der Waals surface area contributed by atoms with E-state index in [1.54, 1.807) is 0 Å². The minimum absolute atomic E-state index is 0.0464. The number of aromatic amines is 1. The van der Waals surface area contributed by atoms with Crippen LogP contribution in [0.15, 0.2) is 59.4 Å². The van der Waals surface area contributed by atoms with Crippen LogP contribution in [0.1, 0.15) is 0 Å². The molecule has 1 aliphatic heterocycles. The topological polar surface area (TPSA) is 45.3 Å². The Morgan fingerprint density at radius 3 is 2.52 bits per heavy atom. The predicted molar refractivity (Wildman–Crippen MR) is 93.0 cm³/mol. The summed E-state index contributed by atoms with van der Waals surface area (Å²) in [6.45, 7) is 3.28. The Kier molecular flexibility index (Phi) is 3.60. The van der Waals surface area contributed by atoms with Gasteiger partial charge in [-0.2, -0.15) is 0 Å². The minimum Gasteiger partial charge on any atom is -0.378 e. The lowest BCUT2D eigenvalue weighted by Crippen LogP contribution is -2.36. The van der Waals surface area contributed by atoms with Gasteiger partial charge in [-0.25, -0.2) is 0 Å². The van der Waals surface area contributed by atoms with Crippen molar-refractivity contribution in [3.63, 3.8) is 0 Å². The minimum atomic E-state index is -0.0464. The molecule has 0 spiro atoms. The Morgan fingerprint density at radius 2 is 1.74 bits per heavy atom. The normalized spacial score (nSPS) is 15.0. The number of benzene rings is 2. The summed E-state index contributed by atoms with van der Waals surface area (Å²) >= 11 is 0. The standard InChI is InChI=1S/C19H18N2O2/c22-19-17-7-6-16(21-8-10-23-11-9-21)12-15(17)13-18(20-19)14-4-2-1-3-5-14/h1-7,12-13H,8-11H2,(H,20,22). The van der Waals surface area contributed by atoms with E-state index in [2.05, 4.69) is 22.0 Å². The third-order valence-electron chi connectivity index (χ3n) is 4.29. The van der Waals surface area contributed by atoms with Crippen molar-refractivity contribution in [2.45, 2.75) is 0 Å². The molecule has 23 heavy (non-hydrogen) atoms. The van der Waals surface area contributed by atoms with Gasteiger partial charge in [0.05, 0.1) is 13.2 Å². The zero-order valence-electron chi connectivity index (χ0n) is 12.8. The SMILES string of the molecule is O=c1[nH]c(-c2ccccc2)cc2cc(N3CCOCC3)ccc12. The van der Waals surface area contributed by atoms with E-state index >= 15 is 0 Å². The summed E-state index contributed by atoms with van der Waals surface area (Å²) in [6.07, 6.45) is 0. The average molecular weight is 306 g/mol. The van der Waals surface area contributed by atoms with Crippen LogP contribution in [0, 0.1) is 0 Å². The van der Waals surface area contributed by atoms with Crippen molar-refractivity contribution in [1.29, 1.82) is 0 Å². The van der Waals surface area contributed by atoms with Gasteiger partial charge in [-0.15, -0.1) is 0 Å². The molecule has 0 unspecified atom stereocenters. The summed E-state index contributed by atoms with van der Waals surface area (Å²) in [5, 5.41) is 1.69. The molecule has 4 rings (SSSR count). The first-order chi connectivity index (χ1) is 11.3. The third kappa shape index (κ3) is 2.73. The number of ether oxygens (including phenoxy) is 1. The molecule has 0 aliphatic carbocycles. The molecule has 1 N–H and O–H groups in total. The van der Waals surface area contributed by atoms with Crippen LogP contribution in [0.3, 0.4) is 0 Å². The highest BCUT2D eigenvalue weighted by Gasteiger charge is 2.12. The summed E-state index contributed by atoms with van der Waals surface area (Å²) in [6, 6.07) is 18.0. The highest BCUT2D eigenvalue weighted by atomic mass is 16.5. The quantitative estimate of drug-likeness (QED) is 0.791. The smallest absolute Gasteiger partial charge is 0.256 e. The van der Waals surface area contributed by atoms with Crippen molar-refractivity contribution >= 4 is 16.5 Å². The maximum Gasteiger partial charge on any atom is 0.256 e. The molecule has 0 amide bonds. The zero-order chi connectivity index (χ0) is 15.6. The number of pyridine rings is 1. The maximum absolute atomic E-state index is 12.4. The van der Waals surface area contributed by atoms with E-state index in [1.807, 2.05) is 42.5 Å². The molecule has 0 atom stereocenters. The number of rotatable bonds is 2.